The molecule has 1 aromatic heterocycles. The van der Waals surface area contributed by atoms with E-state index in [-0.39, 0.29) is 5.69 Å². The third kappa shape index (κ3) is 5.08. The Morgan fingerprint density at radius 1 is 1.21 bits per heavy atom. The number of methoxy groups -OCH3 is 1. The van der Waals surface area contributed by atoms with Crippen molar-refractivity contribution in [2.75, 3.05) is 12.4 Å². The minimum absolute atomic E-state index is 0.0430. The number of non-ortho nitro benzene ring substituents is 1. The van der Waals surface area contributed by atoms with Gasteiger partial charge in [0.25, 0.3) is 5.69 Å². The average molecular weight is 414 g/mol. The summed E-state index contributed by atoms with van der Waals surface area (Å²) in [7, 11) is 1.34. The smallest absolute Gasteiger partial charge is 0.341 e. The van der Waals surface area contributed by atoms with Gasteiger partial charge in [0.05, 0.1) is 17.6 Å². The minimum atomic E-state index is -0.485. The first-order valence-electron chi connectivity index (χ1n) is 9.46. The summed E-state index contributed by atoms with van der Waals surface area (Å²) in [4.78, 5) is 36.3. The van der Waals surface area contributed by atoms with Crippen molar-refractivity contribution >= 4 is 40.0 Å². The molecule has 7 nitrogen and oxygen atoms in total. The van der Waals surface area contributed by atoms with Crippen molar-refractivity contribution in [2.24, 2.45) is 0 Å². The van der Waals surface area contributed by atoms with Gasteiger partial charge in [-0.05, 0) is 42.9 Å². The predicted octanol–water partition coefficient (Wildman–Crippen LogP) is 4.75. The Kier molecular flexibility index (Phi) is 6.77. The van der Waals surface area contributed by atoms with Crippen molar-refractivity contribution in [3.8, 4) is 0 Å². The van der Waals surface area contributed by atoms with Crippen molar-refractivity contribution in [2.45, 2.75) is 38.5 Å². The van der Waals surface area contributed by atoms with E-state index >= 15 is 0 Å². The van der Waals surface area contributed by atoms with Gasteiger partial charge in [0.1, 0.15) is 5.00 Å². The number of thiophene rings is 1. The number of nitro groups is 1. The van der Waals surface area contributed by atoms with Crippen LogP contribution in [-0.4, -0.2) is 23.9 Å². The number of carbonyl (C=O) groups excluding carboxylic acids is 2. The summed E-state index contributed by atoms with van der Waals surface area (Å²) in [6.07, 6.45) is 8.87. The lowest BCUT2D eigenvalue weighted by Crippen LogP contribution is -2.12. The minimum Gasteiger partial charge on any atom is -0.465 e. The van der Waals surface area contributed by atoms with E-state index in [4.69, 9.17) is 4.74 Å². The van der Waals surface area contributed by atoms with Crippen molar-refractivity contribution in [3.05, 3.63) is 62.0 Å². The number of esters is 1. The number of nitrogens with one attached hydrogen (secondary N) is 1. The number of anilines is 1. The molecule has 0 spiro atoms. The lowest BCUT2D eigenvalue weighted by molar-refractivity contribution is -0.384. The Labute approximate surface area is 172 Å². The zero-order chi connectivity index (χ0) is 20.8. The van der Waals surface area contributed by atoms with E-state index in [0.29, 0.717) is 16.1 Å². The van der Waals surface area contributed by atoms with E-state index in [0.717, 1.165) is 42.5 Å². The first kappa shape index (κ1) is 20.7. The van der Waals surface area contributed by atoms with E-state index < -0.39 is 16.8 Å². The maximum absolute atomic E-state index is 12.4. The van der Waals surface area contributed by atoms with Gasteiger partial charge in [0.15, 0.2) is 0 Å². The molecule has 0 saturated carbocycles. The summed E-state index contributed by atoms with van der Waals surface area (Å²) in [6, 6.07) is 6.01. The number of hydrogen-bond acceptors (Lipinski definition) is 6. The van der Waals surface area contributed by atoms with Crippen LogP contribution < -0.4 is 5.32 Å². The summed E-state index contributed by atoms with van der Waals surface area (Å²) in [5.74, 6) is -0.850. The van der Waals surface area contributed by atoms with Crippen LogP contribution in [0.2, 0.25) is 0 Å². The number of amides is 1. The van der Waals surface area contributed by atoms with Gasteiger partial charge in [0.2, 0.25) is 5.91 Å². The van der Waals surface area contributed by atoms with E-state index in [1.165, 1.54) is 49.2 Å². The number of aryl methyl sites for hydroxylation is 1. The molecular formula is C21H22N2O5S. The molecule has 1 heterocycles. The highest BCUT2D eigenvalue weighted by atomic mass is 32.1. The standard InChI is InChI=1S/C21H22N2O5S/c1-28-21(25)19-16-9-4-2-3-5-10-17(16)29-20(19)22-18(24)12-11-14-7-6-8-15(13-14)23(26)27/h6-8,11-13H,2-5,9-10H2,1H3,(H,22,24). The normalized spacial score (nSPS) is 14.0. The van der Waals surface area contributed by atoms with E-state index in [2.05, 4.69) is 5.32 Å². The molecule has 0 unspecified atom stereocenters. The van der Waals surface area contributed by atoms with Gasteiger partial charge in [-0.25, -0.2) is 4.79 Å². The molecule has 152 valence electrons. The SMILES string of the molecule is COC(=O)c1c(NC(=O)C=Cc2cccc([N+](=O)[O-])c2)sc2c1CCCCCC2. The maximum Gasteiger partial charge on any atom is 0.341 e. The van der Waals surface area contributed by atoms with E-state index in [1.54, 1.807) is 12.1 Å². The van der Waals surface area contributed by atoms with E-state index in [9.17, 15) is 19.7 Å². The van der Waals surface area contributed by atoms with Gasteiger partial charge in [0, 0.05) is 23.1 Å². The maximum atomic E-state index is 12.4. The van der Waals surface area contributed by atoms with Gasteiger partial charge in [-0.2, -0.15) is 0 Å². The van der Waals surface area contributed by atoms with Crippen molar-refractivity contribution < 1.29 is 19.2 Å². The highest BCUT2D eigenvalue weighted by Gasteiger charge is 2.25. The van der Waals surface area contributed by atoms with Crippen molar-refractivity contribution in [1.82, 2.24) is 0 Å². The summed E-state index contributed by atoms with van der Waals surface area (Å²) < 4.78 is 4.95. The Balaban J connectivity index is 1.82. The first-order valence-corrected chi connectivity index (χ1v) is 10.3. The molecule has 1 aromatic carbocycles. The van der Waals surface area contributed by atoms with Crippen LogP contribution in [-0.2, 0) is 22.4 Å². The summed E-state index contributed by atoms with van der Waals surface area (Å²) in [5.41, 5.74) is 1.94. The molecule has 0 aliphatic heterocycles. The van der Waals surface area contributed by atoms with Crippen molar-refractivity contribution in [3.63, 3.8) is 0 Å². The van der Waals surface area contributed by atoms with Gasteiger partial charge in [-0.3, -0.25) is 14.9 Å². The third-order valence-electron chi connectivity index (χ3n) is 4.81. The fraction of sp³-hybridized carbons (Fsp3) is 0.333. The molecule has 8 heteroatoms. The molecule has 0 saturated heterocycles. The van der Waals surface area contributed by atoms with Crippen LogP contribution in [0.4, 0.5) is 10.7 Å². The fourth-order valence-electron chi connectivity index (χ4n) is 3.39. The molecule has 1 N–H and O–H groups in total. The third-order valence-corrected chi connectivity index (χ3v) is 6.01. The Morgan fingerprint density at radius 3 is 2.69 bits per heavy atom. The molecule has 1 aliphatic carbocycles. The topological polar surface area (TPSA) is 98.5 Å². The van der Waals surface area contributed by atoms with E-state index in [1.807, 2.05) is 0 Å². The van der Waals surface area contributed by atoms with Crippen LogP contribution in [0.5, 0.6) is 0 Å². The zero-order valence-electron chi connectivity index (χ0n) is 16.1. The van der Waals surface area contributed by atoms with Crippen LogP contribution in [0.3, 0.4) is 0 Å². The second-order valence-electron chi connectivity index (χ2n) is 6.79. The molecule has 29 heavy (non-hydrogen) atoms. The van der Waals surface area contributed by atoms with Crippen LogP contribution in [0.25, 0.3) is 6.08 Å². The number of ether oxygens (including phenoxy) is 1. The summed E-state index contributed by atoms with van der Waals surface area (Å²) >= 11 is 1.43. The van der Waals surface area contributed by atoms with Gasteiger partial charge < -0.3 is 10.1 Å². The average Bonchev–Trinajstić information content (AvgIpc) is 3.02. The molecule has 1 aliphatic rings. The molecule has 2 aromatic rings. The second kappa shape index (κ2) is 9.47. The molecule has 3 rings (SSSR count). The second-order valence-corrected chi connectivity index (χ2v) is 7.89. The Bertz CT molecular complexity index is 964. The number of nitro benzene ring substituents is 1. The van der Waals surface area contributed by atoms with Crippen molar-refractivity contribution in [1.29, 1.82) is 0 Å². The molecule has 0 radical (unpaired) electrons. The van der Waals surface area contributed by atoms with Crippen LogP contribution >= 0.6 is 11.3 Å². The number of nitrogens with zero attached hydrogens (tertiary/aromatic N) is 1. The largest absolute Gasteiger partial charge is 0.465 e. The Morgan fingerprint density at radius 2 is 1.97 bits per heavy atom. The summed E-state index contributed by atoms with van der Waals surface area (Å²) in [5, 5.41) is 14.2. The fourth-order valence-corrected chi connectivity index (χ4v) is 4.67. The lowest BCUT2D eigenvalue weighted by atomic mass is 9.96. The number of carbonyl (C=O) groups is 2. The quantitative estimate of drug-likeness (QED) is 0.329. The number of hydrogen-bond donors (Lipinski definition) is 1. The lowest BCUT2D eigenvalue weighted by Gasteiger charge is -2.10. The molecular weight excluding hydrogens is 392 g/mol. The Hall–Kier alpha value is -3.00. The monoisotopic (exact) mass is 414 g/mol. The molecule has 1 amide bonds. The van der Waals surface area contributed by atoms with Crippen LogP contribution in [0, 0.1) is 10.1 Å². The number of fused-ring (bicyclic) bond motifs is 1. The highest BCUT2D eigenvalue weighted by Crippen LogP contribution is 2.37. The van der Waals surface area contributed by atoms with Gasteiger partial charge >= 0.3 is 5.97 Å². The van der Waals surface area contributed by atoms with Crippen LogP contribution in [0.1, 0.15) is 52.0 Å². The predicted molar refractivity (Wildman–Crippen MR) is 112 cm³/mol. The molecule has 0 atom stereocenters. The zero-order valence-corrected chi connectivity index (χ0v) is 16.9. The van der Waals surface area contributed by atoms with Gasteiger partial charge in [-0.15, -0.1) is 11.3 Å². The summed E-state index contributed by atoms with van der Waals surface area (Å²) in [6.45, 7) is 0. The number of benzene rings is 1. The molecule has 0 fully saturated rings. The molecule has 0 bridgehead atoms. The van der Waals surface area contributed by atoms with Gasteiger partial charge in [-0.1, -0.05) is 25.0 Å². The number of rotatable bonds is 5. The van der Waals surface area contributed by atoms with Crippen LogP contribution in [0.15, 0.2) is 30.3 Å². The highest BCUT2D eigenvalue weighted by molar-refractivity contribution is 7.17. The first-order chi connectivity index (χ1) is 14.0.